The molecule has 0 fully saturated rings. The smallest absolute Gasteiger partial charge is 0.159 e. The fraction of sp³-hybridized carbons (Fsp3) is 0.250. The summed E-state index contributed by atoms with van der Waals surface area (Å²) in [5.41, 5.74) is 1.78. The molecular weight excluding hydrogens is 260 g/mol. The van der Waals surface area contributed by atoms with Gasteiger partial charge >= 0.3 is 0 Å². The molecule has 1 atom stereocenters. The third-order valence-electron chi connectivity index (χ3n) is 3.19. The van der Waals surface area contributed by atoms with Gasteiger partial charge < -0.3 is 10.1 Å². The van der Waals surface area contributed by atoms with Crippen LogP contribution < -0.4 is 10.1 Å². The second kappa shape index (κ2) is 6.48. The highest BCUT2D eigenvalue weighted by molar-refractivity contribution is 5.28. The number of hydrogen-bond donors (Lipinski definition) is 1. The Hall–Kier alpha value is -1.94. The Kier molecular flexibility index (Phi) is 4.69. The van der Waals surface area contributed by atoms with Crippen LogP contribution in [0.15, 0.2) is 42.5 Å². The van der Waals surface area contributed by atoms with Gasteiger partial charge in [0, 0.05) is 12.6 Å². The summed E-state index contributed by atoms with van der Waals surface area (Å²) in [5, 5.41) is 3.27. The highest BCUT2D eigenvalue weighted by Crippen LogP contribution is 2.17. The average Bonchev–Trinajstić information content (AvgIpc) is 2.47. The van der Waals surface area contributed by atoms with Crippen molar-refractivity contribution in [1.82, 2.24) is 5.32 Å². The van der Waals surface area contributed by atoms with E-state index in [2.05, 4.69) is 5.32 Å². The lowest BCUT2D eigenvalue weighted by molar-refractivity contribution is 0.414. The summed E-state index contributed by atoms with van der Waals surface area (Å²) in [5.74, 6) is -0.851. The van der Waals surface area contributed by atoms with Gasteiger partial charge in [-0.05, 0) is 42.3 Å². The Labute approximate surface area is 117 Å². The van der Waals surface area contributed by atoms with Gasteiger partial charge in [-0.15, -0.1) is 0 Å². The molecule has 0 radical (unpaired) electrons. The quantitative estimate of drug-likeness (QED) is 0.897. The zero-order valence-corrected chi connectivity index (χ0v) is 11.5. The van der Waals surface area contributed by atoms with E-state index in [-0.39, 0.29) is 6.04 Å². The SMILES string of the molecule is COc1cccc(CNC(C)c2ccc(F)c(F)c2)c1. The molecule has 0 spiro atoms. The first-order valence-corrected chi connectivity index (χ1v) is 6.41. The van der Waals surface area contributed by atoms with Gasteiger partial charge in [-0.2, -0.15) is 0 Å². The van der Waals surface area contributed by atoms with Crippen molar-refractivity contribution in [3.05, 3.63) is 65.2 Å². The first-order chi connectivity index (χ1) is 9.60. The summed E-state index contributed by atoms with van der Waals surface area (Å²) < 4.78 is 31.2. The van der Waals surface area contributed by atoms with Gasteiger partial charge in [-0.1, -0.05) is 18.2 Å². The van der Waals surface area contributed by atoms with E-state index in [9.17, 15) is 8.78 Å². The van der Waals surface area contributed by atoms with Gasteiger partial charge in [0.15, 0.2) is 11.6 Å². The maximum atomic E-state index is 13.2. The van der Waals surface area contributed by atoms with Crippen LogP contribution in [0.1, 0.15) is 24.1 Å². The zero-order chi connectivity index (χ0) is 14.5. The number of nitrogens with one attached hydrogen (secondary N) is 1. The molecule has 1 unspecified atom stereocenters. The standard InChI is InChI=1S/C16H17F2NO/c1-11(13-6-7-15(17)16(18)9-13)19-10-12-4-3-5-14(8-12)20-2/h3-9,11,19H,10H2,1-2H3. The van der Waals surface area contributed by atoms with Crippen molar-refractivity contribution in [3.63, 3.8) is 0 Å². The van der Waals surface area contributed by atoms with E-state index in [0.717, 1.165) is 17.4 Å². The van der Waals surface area contributed by atoms with Crippen LogP contribution in [0.3, 0.4) is 0 Å². The van der Waals surface area contributed by atoms with Crippen molar-refractivity contribution in [2.75, 3.05) is 7.11 Å². The Morgan fingerprint density at radius 2 is 1.90 bits per heavy atom. The average molecular weight is 277 g/mol. The highest BCUT2D eigenvalue weighted by atomic mass is 19.2. The molecule has 0 saturated heterocycles. The van der Waals surface area contributed by atoms with Crippen molar-refractivity contribution in [3.8, 4) is 5.75 Å². The molecule has 4 heteroatoms. The predicted octanol–water partition coefficient (Wildman–Crippen LogP) is 3.82. The molecule has 20 heavy (non-hydrogen) atoms. The number of benzene rings is 2. The first kappa shape index (κ1) is 14.5. The molecule has 1 N–H and O–H groups in total. The Balaban J connectivity index is 2.00. The summed E-state index contributed by atoms with van der Waals surface area (Å²) in [4.78, 5) is 0. The monoisotopic (exact) mass is 277 g/mol. The van der Waals surface area contributed by atoms with E-state index >= 15 is 0 Å². The minimum absolute atomic E-state index is 0.0729. The van der Waals surface area contributed by atoms with Gasteiger partial charge in [0.1, 0.15) is 5.75 Å². The molecule has 0 saturated carbocycles. The van der Waals surface area contributed by atoms with Crippen LogP contribution >= 0.6 is 0 Å². The van der Waals surface area contributed by atoms with Crippen molar-refractivity contribution < 1.29 is 13.5 Å². The summed E-state index contributed by atoms with van der Waals surface area (Å²) >= 11 is 0. The molecule has 2 nitrogen and oxygen atoms in total. The molecular formula is C16H17F2NO. The minimum atomic E-state index is -0.825. The molecule has 0 aliphatic heterocycles. The Bertz CT molecular complexity index is 586. The maximum absolute atomic E-state index is 13.2. The third kappa shape index (κ3) is 3.54. The maximum Gasteiger partial charge on any atom is 0.159 e. The number of hydrogen-bond acceptors (Lipinski definition) is 2. The number of ether oxygens (including phenoxy) is 1. The second-order valence-corrected chi connectivity index (χ2v) is 4.63. The molecule has 0 aliphatic carbocycles. The number of halogens is 2. The number of methoxy groups -OCH3 is 1. The topological polar surface area (TPSA) is 21.3 Å². The van der Waals surface area contributed by atoms with Crippen LogP contribution in [0.25, 0.3) is 0 Å². The van der Waals surface area contributed by atoms with E-state index in [1.165, 1.54) is 6.07 Å². The normalized spacial score (nSPS) is 12.2. The zero-order valence-electron chi connectivity index (χ0n) is 11.5. The molecule has 0 aromatic heterocycles. The van der Waals surface area contributed by atoms with Crippen LogP contribution in [0.5, 0.6) is 5.75 Å². The van der Waals surface area contributed by atoms with Crippen LogP contribution in [-0.4, -0.2) is 7.11 Å². The minimum Gasteiger partial charge on any atom is -0.497 e. The summed E-state index contributed by atoms with van der Waals surface area (Å²) in [6.45, 7) is 2.53. The summed E-state index contributed by atoms with van der Waals surface area (Å²) in [7, 11) is 1.62. The van der Waals surface area contributed by atoms with Gasteiger partial charge in [0.2, 0.25) is 0 Å². The van der Waals surface area contributed by atoms with Crippen LogP contribution in [-0.2, 0) is 6.54 Å². The van der Waals surface area contributed by atoms with Crippen molar-refractivity contribution >= 4 is 0 Å². The van der Waals surface area contributed by atoms with Crippen molar-refractivity contribution in [2.45, 2.75) is 19.5 Å². The van der Waals surface area contributed by atoms with E-state index in [1.807, 2.05) is 31.2 Å². The van der Waals surface area contributed by atoms with Gasteiger partial charge in [0.05, 0.1) is 7.11 Å². The number of rotatable bonds is 5. The molecule has 0 bridgehead atoms. The van der Waals surface area contributed by atoms with Crippen LogP contribution in [0, 0.1) is 11.6 Å². The molecule has 0 aliphatic rings. The largest absolute Gasteiger partial charge is 0.497 e. The van der Waals surface area contributed by atoms with Crippen molar-refractivity contribution in [2.24, 2.45) is 0 Å². The third-order valence-corrected chi connectivity index (χ3v) is 3.19. The van der Waals surface area contributed by atoms with E-state index in [0.29, 0.717) is 12.1 Å². The van der Waals surface area contributed by atoms with E-state index in [4.69, 9.17) is 4.74 Å². The predicted molar refractivity (Wildman–Crippen MR) is 74.6 cm³/mol. The fourth-order valence-corrected chi connectivity index (χ4v) is 1.95. The molecule has 0 heterocycles. The lowest BCUT2D eigenvalue weighted by Crippen LogP contribution is -2.18. The Morgan fingerprint density at radius 1 is 1.10 bits per heavy atom. The molecule has 2 rings (SSSR count). The molecule has 0 amide bonds. The lowest BCUT2D eigenvalue weighted by atomic mass is 10.1. The highest BCUT2D eigenvalue weighted by Gasteiger charge is 2.09. The molecule has 2 aromatic carbocycles. The Morgan fingerprint density at radius 3 is 2.60 bits per heavy atom. The van der Waals surface area contributed by atoms with Crippen LogP contribution in [0.2, 0.25) is 0 Å². The fourth-order valence-electron chi connectivity index (χ4n) is 1.95. The summed E-state index contributed by atoms with van der Waals surface area (Å²) in [6.07, 6.45) is 0. The van der Waals surface area contributed by atoms with E-state index in [1.54, 1.807) is 13.2 Å². The second-order valence-electron chi connectivity index (χ2n) is 4.63. The van der Waals surface area contributed by atoms with Gasteiger partial charge in [-0.3, -0.25) is 0 Å². The molecule has 2 aromatic rings. The first-order valence-electron chi connectivity index (χ1n) is 6.41. The summed E-state index contributed by atoms with van der Waals surface area (Å²) in [6, 6.07) is 11.6. The van der Waals surface area contributed by atoms with E-state index < -0.39 is 11.6 Å². The molecule has 106 valence electrons. The van der Waals surface area contributed by atoms with Crippen LogP contribution in [0.4, 0.5) is 8.78 Å². The van der Waals surface area contributed by atoms with Gasteiger partial charge in [-0.25, -0.2) is 8.78 Å². The van der Waals surface area contributed by atoms with Crippen molar-refractivity contribution in [1.29, 1.82) is 0 Å². The van der Waals surface area contributed by atoms with Gasteiger partial charge in [0.25, 0.3) is 0 Å². The lowest BCUT2D eigenvalue weighted by Gasteiger charge is -2.15.